The standard InChI is InChI=1S/C15H26O4/c1-3-5-7-11-18-13(16)15(9-10-15)14(17)19-12-8-6-4-2/h3-12H2,1-2H3. The fraction of sp³-hybridized carbons (Fsp3) is 0.867. The Kier molecular flexibility index (Phi) is 6.89. The third-order valence-electron chi connectivity index (χ3n) is 3.49. The maximum absolute atomic E-state index is 11.9. The molecule has 0 amide bonds. The van der Waals surface area contributed by atoms with Gasteiger partial charge in [-0.3, -0.25) is 9.59 Å². The Hall–Kier alpha value is -1.06. The van der Waals surface area contributed by atoms with Gasteiger partial charge in [-0.1, -0.05) is 39.5 Å². The van der Waals surface area contributed by atoms with Gasteiger partial charge >= 0.3 is 11.9 Å². The maximum atomic E-state index is 11.9. The average molecular weight is 270 g/mol. The first kappa shape index (κ1) is 16.0. The van der Waals surface area contributed by atoms with Crippen molar-refractivity contribution in [3.8, 4) is 0 Å². The monoisotopic (exact) mass is 270 g/mol. The van der Waals surface area contributed by atoms with Crippen molar-refractivity contribution in [2.45, 2.75) is 65.2 Å². The van der Waals surface area contributed by atoms with Crippen LogP contribution in [0.1, 0.15) is 65.2 Å². The summed E-state index contributed by atoms with van der Waals surface area (Å²) in [7, 11) is 0. The molecule has 110 valence electrons. The van der Waals surface area contributed by atoms with E-state index in [1.165, 1.54) is 0 Å². The Morgan fingerprint density at radius 2 is 1.26 bits per heavy atom. The van der Waals surface area contributed by atoms with Gasteiger partial charge in [0.1, 0.15) is 0 Å². The number of unbranched alkanes of at least 4 members (excludes halogenated alkanes) is 4. The number of hydrogen-bond acceptors (Lipinski definition) is 4. The van der Waals surface area contributed by atoms with Gasteiger partial charge in [-0.2, -0.15) is 0 Å². The highest BCUT2D eigenvalue weighted by molar-refractivity contribution is 6.03. The van der Waals surface area contributed by atoms with Crippen LogP contribution in [0.4, 0.5) is 0 Å². The predicted molar refractivity (Wildman–Crippen MR) is 72.6 cm³/mol. The van der Waals surface area contributed by atoms with Crippen molar-refractivity contribution in [3.05, 3.63) is 0 Å². The Morgan fingerprint density at radius 1 is 0.842 bits per heavy atom. The maximum Gasteiger partial charge on any atom is 0.323 e. The van der Waals surface area contributed by atoms with E-state index in [1.807, 2.05) is 0 Å². The SMILES string of the molecule is CCCCCOC(=O)C1(C(=O)OCCCCC)CC1. The van der Waals surface area contributed by atoms with E-state index >= 15 is 0 Å². The molecule has 1 rings (SSSR count). The lowest BCUT2D eigenvalue weighted by atomic mass is 10.1. The zero-order valence-electron chi connectivity index (χ0n) is 12.2. The van der Waals surface area contributed by atoms with E-state index in [0.29, 0.717) is 26.1 Å². The summed E-state index contributed by atoms with van der Waals surface area (Å²) in [4.78, 5) is 23.8. The summed E-state index contributed by atoms with van der Waals surface area (Å²) >= 11 is 0. The van der Waals surface area contributed by atoms with E-state index in [0.717, 1.165) is 38.5 Å². The molecule has 1 saturated carbocycles. The van der Waals surface area contributed by atoms with Crippen molar-refractivity contribution in [2.75, 3.05) is 13.2 Å². The molecule has 1 aliphatic rings. The summed E-state index contributed by atoms with van der Waals surface area (Å²) < 4.78 is 10.4. The summed E-state index contributed by atoms with van der Waals surface area (Å²) in [5.41, 5.74) is -0.960. The van der Waals surface area contributed by atoms with Crippen molar-refractivity contribution in [1.29, 1.82) is 0 Å². The summed E-state index contributed by atoms with van der Waals surface area (Å²) in [6.07, 6.45) is 7.14. The minimum absolute atomic E-state index is 0.385. The zero-order valence-corrected chi connectivity index (χ0v) is 12.2. The van der Waals surface area contributed by atoms with Gasteiger partial charge in [0.15, 0.2) is 5.41 Å². The molecule has 19 heavy (non-hydrogen) atoms. The van der Waals surface area contributed by atoms with Crippen molar-refractivity contribution >= 4 is 11.9 Å². The number of hydrogen-bond donors (Lipinski definition) is 0. The molecule has 0 unspecified atom stereocenters. The normalized spacial score (nSPS) is 15.9. The van der Waals surface area contributed by atoms with Crippen molar-refractivity contribution in [1.82, 2.24) is 0 Å². The predicted octanol–water partition coefficient (Wildman–Crippen LogP) is 3.23. The Labute approximate surface area is 115 Å². The van der Waals surface area contributed by atoms with Crippen LogP contribution in [-0.4, -0.2) is 25.2 Å². The first-order valence-corrected chi connectivity index (χ1v) is 7.52. The molecule has 0 N–H and O–H groups in total. The highest BCUT2D eigenvalue weighted by Crippen LogP contribution is 2.48. The lowest BCUT2D eigenvalue weighted by Gasteiger charge is -2.13. The van der Waals surface area contributed by atoms with Gasteiger partial charge in [0.05, 0.1) is 13.2 Å². The summed E-state index contributed by atoms with van der Waals surface area (Å²) in [6.45, 7) is 5.02. The third kappa shape index (κ3) is 4.84. The number of rotatable bonds is 10. The molecule has 1 aliphatic carbocycles. The summed E-state index contributed by atoms with van der Waals surface area (Å²) in [5.74, 6) is -0.770. The van der Waals surface area contributed by atoms with Crippen LogP contribution >= 0.6 is 0 Å². The fourth-order valence-corrected chi connectivity index (χ4v) is 1.93. The van der Waals surface area contributed by atoms with E-state index in [2.05, 4.69) is 13.8 Å². The first-order chi connectivity index (χ1) is 9.17. The fourth-order valence-electron chi connectivity index (χ4n) is 1.93. The molecular formula is C15H26O4. The minimum Gasteiger partial charge on any atom is -0.465 e. The minimum atomic E-state index is -0.960. The van der Waals surface area contributed by atoms with E-state index < -0.39 is 5.41 Å². The van der Waals surface area contributed by atoms with Crippen LogP contribution in [0.2, 0.25) is 0 Å². The second-order valence-corrected chi connectivity index (χ2v) is 5.27. The molecule has 0 spiro atoms. The number of esters is 2. The lowest BCUT2D eigenvalue weighted by molar-refractivity contribution is -0.164. The molecule has 4 heteroatoms. The van der Waals surface area contributed by atoms with Crippen LogP contribution in [0.3, 0.4) is 0 Å². The van der Waals surface area contributed by atoms with Crippen LogP contribution in [0, 0.1) is 5.41 Å². The molecule has 0 bridgehead atoms. The topological polar surface area (TPSA) is 52.6 Å². The number of ether oxygens (including phenoxy) is 2. The van der Waals surface area contributed by atoms with Crippen LogP contribution in [-0.2, 0) is 19.1 Å². The molecule has 0 aromatic heterocycles. The summed E-state index contributed by atoms with van der Waals surface area (Å²) in [6, 6.07) is 0. The number of carbonyl (C=O) groups is 2. The van der Waals surface area contributed by atoms with Gasteiger partial charge in [-0.25, -0.2) is 0 Å². The van der Waals surface area contributed by atoms with Crippen molar-refractivity contribution < 1.29 is 19.1 Å². The molecule has 4 nitrogen and oxygen atoms in total. The molecule has 0 aromatic carbocycles. The van der Waals surface area contributed by atoms with Gasteiger partial charge in [-0.05, 0) is 25.7 Å². The van der Waals surface area contributed by atoms with Gasteiger partial charge in [0, 0.05) is 0 Å². The largest absolute Gasteiger partial charge is 0.465 e. The second-order valence-electron chi connectivity index (χ2n) is 5.27. The Morgan fingerprint density at radius 3 is 1.58 bits per heavy atom. The second kappa shape index (κ2) is 8.18. The average Bonchev–Trinajstić information content (AvgIpc) is 3.21. The van der Waals surface area contributed by atoms with E-state index in [1.54, 1.807) is 0 Å². The van der Waals surface area contributed by atoms with E-state index in [-0.39, 0.29) is 11.9 Å². The van der Waals surface area contributed by atoms with Gasteiger partial charge in [0.25, 0.3) is 0 Å². The highest BCUT2D eigenvalue weighted by Gasteiger charge is 2.59. The molecule has 1 fully saturated rings. The molecule has 0 saturated heterocycles. The molecule has 0 radical (unpaired) electrons. The first-order valence-electron chi connectivity index (χ1n) is 7.52. The van der Waals surface area contributed by atoms with Gasteiger partial charge in [0.2, 0.25) is 0 Å². The van der Waals surface area contributed by atoms with Crippen LogP contribution in [0.15, 0.2) is 0 Å². The van der Waals surface area contributed by atoms with Gasteiger partial charge < -0.3 is 9.47 Å². The smallest absolute Gasteiger partial charge is 0.323 e. The molecular weight excluding hydrogens is 244 g/mol. The molecule has 0 atom stereocenters. The molecule has 0 heterocycles. The lowest BCUT2D eigenvalue weighted by Crippen LogP contribution is -2.30. The molecule has 0 aliphatic heterocycles. The highest BCUT2D eigenvalue weighted by atomic mass is 16.6. The van der Waals surface area contributed by atoms with Crippen LogP contribution < -0.4 is 0 Å². The van der Waals surface area contributed by atoms with Crippen molar-refractivity contribution in [2.24, 2.45) is 5.41 Å². The van der Waals surface area contributed by atoms with Crippen LogP contribution in [0.5, 0.6) is 0 Å². The molecule has 0 aromatic rings. The number of carbonyl (C=O) groups excluding carboxylic acids is 2. The Bertz CT molecular complexity index is 269. The van der Waals surface area contributed by atoms with E-state index in [4.69, 9.17) is 9.47 Å². The zero-order chi connectivity index (χ0) is 14.1. The van der Waals surface area contributed by atoms with E-state index in [9.17, 15) is 9.59 Å². The Balaban J connectivity index is 2.26. The third-order valence-corrected chi connectivity index (χ3v) is 3.49. The van der Waals surface area contributed by atoms with Gasteiger partial charge in [-0.15, -0.1) is 0 Å². The van der Waals surface area contributed by atoms with Crippen molar-refractivity contribution in [3.63, 3.8) is 0 Å². The summed E-state index contributed by atoms with van der Waals surface area (Å²) in [5, 5.41) is 0. The van der Waals surface area contributed by atoms with Crippen LogP contribution in [0.25, 0.3) is 0 Å². The quantitative estimate of drug-likeness (QED) is 0.347.